The first-order valence-corrected chi connectivity index (χ1v) is 7.79. The Labute approximate surface area is 114 Å². The fourth-order valence-electron chi connectivity index (χ4n) is 1.76. The molecule has 1 heterocycles. The third-order valence-corrected chi connectivity index (χ3v) is 4.63. The summed E-state index contributed by atoms with van der Waals surface area (Å²) in [4.78, 5) is 11.2. The number of carbonyl (C=O) groups is 1. The van der Waals surface area contributed by atoms with Gasteiger partial charge in [0.15, 0.2) is 0 Å². The Morgan fingerprint density at radius 1 is 1.44 bits per heavy atom. The van der Waals surface area contributed by atoms with Crippen LogP contribution in [-0.2, 0) is 14.8 Å². The maximum absolute atomic E-state index is 12.0. The SMILES string of the molecule is O=C1CCC(CNS(=O)(=O)c2cccc(Br)c2)N1. The van der Waals surface area contributed by atoms with Gasteiger partial charge in [-0.1, -0.05) is 22.0 Å². The van der Waals surface area contributed by atoms with Crippen LogP contribution in [0.3, 0.4) is 0 Å². The number of hydrogen-bond acceptors (Lipinski definition) is 3. The molecule has 1 aliphatic rings. The number of benzene rings is 1. The predicted molar refractivity (Wildman–Crippen MR) is 70.5 cm³/mol. The molecule has 0 spiro atoms. The summed E-state index contributed by atoms with van der Waals surface area (Å²) < 4.78 is 27.2. The van der Waals surface area contributed by atoms with E-state index in [1.165, 1.54) is 12.1 Å². The number of hydrogen-bond donors (Lipinski definition) is 2. The summed E-state index contributed by atoms with van der Waals surface area (Å²) in [6, 6.07) is 6.38. The largest absolute Gasteiger partial charge is 0.352 e. The molecule has 2 rings (SSSR count). The van der Waals surface area contributed by atoms with E-state index in [0.717, 1.165) is 0 Å². The van der Waals surface area contributed by atoms with E-state index in [4.69, 9.17) is 0 Å². The fraction of sp³-hybridized carbons (Fsp3) is 0.364. The van der Waals surface area contributed by atoms with Crippen LogP contribution < -0.4 is 10.0 Å². The van der Waals surface area contributed by atoms with Crippen molar-refractivity contribution in [2.45, 2.75) is 23.8 Å². The Kier molecular flexibility index (Phi) is 4.04. The van der Waals surface area contributed by atoms with Crippen LogP contribution in [0, 0.1) is 0 Å². The second-order valence-corrected chi connectivity index (χ2v) is 6.80. The molecule has 1 unspecified atom stereocenters. The molecule has 5 nitrogen and oxygen atoms in total. The van der Waals surface area contributed by atoms with E-state index in [9.17, 15) is 13.2 Å². The molecule has 1 amide bonds. The van der Waals surface area contributed by atoms with Gasteiger partial charge in [-0.3, -0.25) is 4.79 Å². The summed E-state index contributed by atoms with van der Waals surface area (Å²) >= 11 is 3.23. The van der Waals surface area contributed by atoms with Crippen LogP contribution in [0.25, 0.3) is 0 Å². The van der Waals surface area contributed by atoms with Gasteiger partial charge in [0.1, 0.15) is 0 Å². The van der Waals surface area contributed by atoms with Gasteiger partial charge in [0.05, 0.1) is 4.90 Å². The van der Waals surface area contributed by atoms with Gasteiger partial charge < -0.3 is 5.32 Å². The number of halogens is 1. The molecule has 0 radical (unpaired) electrons. The molecule has 0 saturated carbocycles. The quantitative estimate of drug-likeness (QED) is 0.863. The molecule has 1 aromatic rings. The maximum atomic E-state index is 12.0. The Morgan fingerprint density at radius 2 is 2.22 bits per heavy atom. The second kappa shape index (κ2) is 5.38. The highest BCUT2D eigenvalue weighted by molar-refractivity contribution is 9.10. The minimum Gasteiger partial charge on any atom is -0.352 e. The van der Waals surface area contributed by atoms with Crippen molar-refractivity contribution in [2.24, 2.45) is 0 Å². The lowest BCUT2D eigenvalue weighted by molar-refractivity contribution is -0.119. The first kappa shape index (κ1) is 13.5. The Morgan fingerprint density at radius 3 is 2.83 bits per heavy atom. The highest BCUT2D eigenvalue weighted by Gasteiger charge is 2.23. The third-order valence-electron chi connectivity index (χ3n) is 2.71. The smallest absolute Gasteiger partial charge is 0.240 e. The van der Waals surface area contributed by atoms with E-state index < -0.39 is 10.0 Å². The van der Waals surface area contributed by atoms with Gasteiger partial charge in [-0.05, 0) is 24.6 Å². The van der Waals surface area contributed by atoms with Crippen molar-refractivity contribution in [3.05, 3.63) is 28.7 Å². The molecule has 0 aromatic heterocycles. The zero-order valence-electron chi connectivity index (χ0n) is 9.52. The topological polar surface area (TPSA) is 75.3 Å². The van der Waals surface area contributed by atoms with Crippen molar-refractivity contribution in [2.75, 3.05) is 6.54 Å². The van der Waals surface area contributed by atoms with E-state index in [0.29, 0.717) is 17.3 Å². The molecule has 18 heavy (non-hydrogen) atoms. The first-order valence-electron chi connectivity index (χ1n) is 5.52. The molecule has 2 N–H and O–H groups in total. The van der Waals surface area contributed by atoms with E-state index in [1.807, 2.05) is 0 Å². The van der Waals surface area contributed by atoms with Gasteiger partial charge in [-0.15, -0.1) is 0 Å². The fourth-order valence-corrected chi connectivity index (χ4v) is 3.44. The molecule has 1 atom stereocenters. The lowest BCUT2D eigenvalue weighted by atomic mass is 10.2. The van der Waals surface area contributed by atoms with Crippen molar-refractivity contribution in [1.29, 1.82) is 0 Å². The van der Waals surface area contributed by atoms with Gasteiger partial charge >= 0.3 is 0 Å². The van der Waals surface area contributed by atoms with Crippen LogP contribution in [0.5, 0.6) is 0 Å². The standard InChI is InChI=1S/C11H13BrN2O3S/c12-8-2-1-3-10(6-8)18(16,17)13-7-9-4-5-11(15)14-9/h1-3,6,9,13H,4-5,7H2,(H,14,15). The number of nitrogens with one attached hydrogen (secondary N) is 2. The van der Waals surface area contributed by atoms with Crippen molar-refractivity contribution in [3.63, 3.8) is 0 Å². The van der Waals surface area contributed by atoms with Gasteiger partial charge in [0.2, 0.25) is 15.9 Å². The van der Waals surface area contributed by atoms with Crippen LogP contribution in [0.15, 0.2) is 33.6 Å². The van der Waals surface area contributed by atoms with Gasteiger partial charge in [-0.25, -0.2) is 13.1 Å². The molecular formula is C11H13BrN2O3S. The van der Waals surface area contributed by atoms with Crippen LogP contribution in [-0.4, -0.2) is 26.9 Å². The molecule has 1 fully saturated rings. The summed E-state index contributed by atoms with van der Waals surface area (Å²) in [6.45, 7) is 0.223. The van der Waals surface area contributed by atoms with E-state index in [-0.39, 0.29) is 23.4 Å². The summed E-state index contributed by atoms with van der Waals surface area (Å²) in [5.41, 5.74) is 0. The minimum atomic E-state index is -3.52. The molecule has 1 aromatic carbocycles. The third kappa shape index (κ3) is 3.30. The monoisotopic (exact) mass is 332 g/mol. The van der Waals surface area contributed by atoms with Crippen molar-refractivity contribution >= 4 is 31.9 Å². The second-order valence-electron chi connectivity index (χ2n) is 4.11. The number of rotatable bonds is 4. The summed E-state index contributed by atoms with van der Waals surface area (Å²) in [5.74, 6) is -0.0262. The van der Waals surface area contributed by atoms with Crippen LogP contribution >= 0.6 is 15.9 Å². The lowest BCUT2D eigenvalue weighted by Gasteiger charge is -2.11. The molecule has 0 bridgehead atoms. The highest BCUT2D eigenvalue weighted by atomic mass is 79.9. The molecule has 0 aliphatic carbocycles. The van der Waals surface area contributed by atoms with Crippen LogP contribution in [0.1, 0.15) is 12.8 Å². The van der Waals surface area contributed by atoms with Crippen molar-refractivity contribution < 1.29 is 13.2 Å². The molecule has 1 aliphatic heterocycles. The van der Waals surface area contributed by atoms with Gasteiger partial charge in [0, 0.05) is 23.5 Å². The predicted octanol–water partition coefficient (Wildman–Crippen LogP) is 1.01. The average Bonchev–Trinajstić information content (AvgIpc) is 2.73. The Balaban J connectivity index is 2.01. The highest BCUT2D eigenvalue weighted by Crippen LogP contribution is 2.16. The summed E-state index contributed by atoms with van der Waals surface area (Å²) in [5, 5.41) is 2.71. The van der Waals surface area contributed by atoms with Gasteiger partial charge in [0.25, 0.3) is 0 Å². The average molecular weight is 333 g/mol. The van der Waals surface area contributed by atoms with E-state index in [1.54, 1.807) is 12.1 Å². The molecule has 7 heteroatoms. The van der Waals surface area contributed by atoms with Crippen LogP contribution in [0.2, 0.25) is 0 Å². The zero-order valence-corrected chi connectivity index (χ0v) is 11.9. The number of carbonyl (C=O) groups excluding carboxylic acids is 1. The summed E-state index contributed by atoms with van der Waals surface area (Å²) in [7, 11) is -3.52. The van der Waals surface area contributed by atoms with E-state index in [2.05, 4.69) is 26.0 Å². The van der Waals surface area contributed by atoms with Gasteiger partial charge in [-0.2, -0.15) is 0 Å². The number of sulfonamides is 1. The zero-order chi connectivity index (χ0) is 13.2. The maximum Gasteiger partial charge on any atom is 0.240 e. The van der Waals surface area contributed by atoms with Crippen molar-refractivity contribution in [3.8, 4) is 0 Å². The minimum absolute atomic E-state index is 0.0262. The molecule has 98 valence electrons. The van der Waals surface area contributed by atoms with Crippen molar-refractivity contribution in [1.82, 2.24) is 10.0 Å². The Bertz CT molecular complexity index is 559. The first-order chi connectivity index (χ1) is 8.47. The van der Waals surface area contributed by atoms with E-state index >= 15 is 0 Å². The number of amides is 1. The molecule has 1 saturated heterocycles. The Hall–Kier alpha value is -0.920. The lowest BCUT2D eigenvalue weighted by Crippen LogP contribution is -2.38. The molecular weight excluding hydrogens is 320 g/mol. The summed E-state index contributed by atoms with van der Waals surface area (Å²) in [6.07, 6.45) is 1.13. The van der Waals surface area contributed by atoms with Crippen LogP contribution in [0.4, 0.5) is 0 Å². The normalized spacial score (nSPS) is 19.8.